The van der Waals surface area contributed by atoms with E-state index in [4.69, 9.17) is 17.3 Å². The highest BCUT2D eigenvalue weighted by Gasteiger charge is 2.19. The minimum atomic E-state index is -0.682. The largest absolute Gasteiger partial charge is 0.375 e. The molecule has 9 heteroatoms. The first-order valence-electron chi connectivity index (χ1n) is 9.24. The van der Waals surface area contributed by atoms with Crippen molar-refractivity contribution in [3.63, 3.8) is 0 Å². The van der Waals surface area contributed by atoms with Crippen LogP contribution in [0.15, 0.2) is 60.7 Å². The number of carbonyl (C=O) groups excluding carboxylic acids is 2. The number of benzene rings is 3. The van der Waals surface area contributed by atoms with E-state index in [-0.39, 0.29) is 34.7 Å². The Morgan fingerprint density at radius 3 is 2.48 bits per heavy atom. The van der Waals surface area contributed by atoms with Gasteiger partial charge >= 0.3 is 0 Å². The van der Waals surface area contributed by atoms with Crippen molar-refractivity contribution in [2.24, 2.45) is 5.73 Å². The Hall–Kier alpha value is -3.91. The number of hydrogen-bond acceptors (Lipinski definition) is 5. The molecule has 158 valence electrons. The molecule has 3 aromatic rings. The summed E-state index contributed by atoms with van der Waals surface area (Å²) in [6.07, 6.45) is 0. The number of amides is 2. The monoisotopic (exact) mass is 438 g/mol. The summed E-state index contributed by atoms with van der Waals surface area (Å²) in [5, 5.41) is 17.7. The zero-order valence-electron chi connectivity index (χ0n) is 16.5. The first kappa shape index (κ1) is 21.8. The number of anilines is 2. The van der Waals surface area contributed by atoms with E-state index >= 15 is 0 Å². The molecule has 0 aromatic heterocycles. The van der Waals surface area contributed by atoms with Crippen LogP contribution in [-0.2, 0) is 6.54 Å². The smallest absolute Gasteiger partial charge is 0.293 e. The molecule has 3 aromatic carbocycles. The summed E-state index contributed by atoms with van der Waals surface area (Å²) >= 11 is 6.12. The Kier molecular flexibility index (Phi) is 6.52. The van der Waals surface area contributed by atoms with Crippen LogP contribution < -0.4 is 16.4 Å². The third kappa shape index (κ3) is 4.99. The van der Waals surface area contributed by atoms with E-state index in [2.05, 4.69) is 10.6 Å². The second kappa shape index (κ2) is 9.27. The summed E-state index contributed by atoms with van der Waals surface area (Å²) in [7, 11) is 0. The number of nitrogens with two attached hydrogens (primary N) is 1. The van der Waals surface area contributed by atoms with Crippen molar-refractivity contribution in [3.8, 4) is 0 Å². The molecule has 0 aliphatic carbocycles. The summed E-state index contributed by atoms with van der Waals surface area (Å²) in [5.41, 5.74) is 7.25. The van der Waals surface area contributed by atoms with Crippen molar-refractivity contribution in [3.05, 3.63) is 98.1 Å². The average Bonchev–Trinajstić information content (AvgIpc) is 2.72. The van der Waals surface area contributed by atoms with Crippen molar-refractivity contribution in [1.82, 2.24) is 0 Å². The molecule has 3 rings (SSSR count). The van der Waals surface area contributed by atoms with Crippen molar-refractivity contribution in [2.75, 3.05) is 10.6 Å². The van der Waals surface area contributed by atoms with Gasteiger partial charge < -0.3 is 16.4 Å². The van der Waals surface area contributed by atoms with Gasteiger partial charge in [-0.1, -0.05) is 41.9 Å². The van der Waals surface area contributed by atoms with Gasteiger partial charge in [-0.3, -0.25) is 19.7 Å². The number of rotatable bonds is 7. The number of nitrogens with zero attached hydrogens (tertiary/aromatic N) is 1. The Morgan fingerprint density at radius 1 is 1.06 bits per heavy atom. The predicted octanol–water partition coefficient (Wildman–Crippen LogP) is 4.52. The van der Waals surface area contributed by atoms with Crippen LogP contribution in [0.3, 0.4) is 0 Å². The van der Waals surface area contributed by atoms with Crippen LogP contribution in [0.1, 0.15) is 31.8 Å². The van der Waals surface area contributed by atoms with Gasteiger partial charge in [-0.25, -0.2) is 0 Å². The van der Waals surface area contributed by atoms with Gasteiger partial charge in [0.1, 0.15) is 5.69 Å². The van der Waals surface area contributed by atoms with Crippen molar-refractivity contribution in [1.29, 1.82) is 0 Å². The fourth-order valence-electron chi connectivity index (χ4n) is 3.10. The predicted molar refractivity (Wildman–Crippen MR) is 120 cm³/mol. The maximum absolute atomic E-state index is 12.7. The highest BCUT2D eigenvalue weighted by Crippen LogP contribution is 2.28. The highest BCUT2D eigenvalue weighted by molar-refractivity contribution is 6.31. The maximum Gasteiger partial charge on any atom is 0.293 e. The molecule has 0 fully saturated rings. The first-order chi connectivity index (χ1) is 14.8. The van der Waals surface area contributed by atoms with Gasteiger partial charge in [0.2, 0.25) is 0 Å². The lowest BCUT2D eigenvalue weighted by molar-refractivity contribution is -0.384. The molecular weight excluding hydrogens is 420 g/mol. The third-order valence-corrected chi connectivity index (χ3v) is 5.02. The van der Waals surface area contributed by atoms with Crippen LogP contribution >= 0.6 is 11.6 Å². The van der Waals surface area contributed by atoms with Gasteiger partial charge in [-0.05, 0) is 42.3 Å². The number of primary amides is 1. The summed E-state index contributed by atoms with van der Waals surface area (Å²) in [4.78, 5) is 35.4. The molecule has 0 aliphatic heterocycles. The number of carbonyl (C=O) groups is 2. The average molecular weight is 439 g/mol. The van der Waals surface area contributed by atoms with E-state index in [1.807, 2.05) is 6.07 Å². The molecule has 0 spiro atoms. The molecule has 0 atom stereocenters. The molecule has 0 saturated heterocycles. The molecule has 0 radical (unpaired) electrons. The molecule has 8 nitrogen and oxygen atoms in total. The molecule has 0 aliphatic rings. The molecular formula is C22H19ClN4O4. The Morgan fingerprint density at radius 2 is 1.81 bits per heavy atom. The molecule has 0 unspecified atom stereocenters. The fourth-order valence-corrected chi connectivity index (χ4v) is 3.30. The normalized spacial score (nSPS) is 10.4. The molecule has 2 amide bonds. The van der Waals surface area contributed by atoms with E-state index in [9.17, 15) is 19.7 Å². The first-order valence-corrected chi connectivity index (χ1v) is 9.62. The summed E-state index contributed by atoms with van der Waals surface area (Å²) < 4.78 is 0. The van der Waals surface area contributed by atoms with Gasteiger partial charge in [-0.2, -0.15) is 0 Å². The summed E-state index contributed by atoms with van der Waals surface area (Å²) in [5.74, 6) is -1.28. The Bertz CT molecular complexity index is 1180. The van der Waals surface area contributed by atoms with Crippen LogP contribution in [-0.4, -0.2) is 16.7 Å². The lowest BCUT2D eigenvalue weighted by atomic mass is 10.1. The SMILES string of the molecule is Cc1cccc(NC(=O)c2ccc(NCc3ccccc3Cl)c([N+](=O)[O-])c2)c1C(N)=O. The number of hydrogen-bond donors (Lipinski definition) is 3. The third-order valence-electron chi connectivity index (χ3n) is 4.65. The molecule has 4 N–H and O–H groups in total. The number of halogens is 1. The minimum absolute atomic E-state index is 0.0620. The fraction of sp³-hybridized carbons (Fsp3) is 0.0909. The van der Waals surface area contributed by atoms with Crippen LogP contribution in [0.5, 0.6) is 0 Å². The van der Waals surface area contributed by atoms with Gasteiger partial charge in [0.05, 0.1) is 16.2 Å². The van der Waals surface area contributed by atoms with E-state index in [1.54, 1.807) is 43.3 Å². The second-order valence-electron chi connectivity index (χ2n) is 6.75. The Labute approximate surface area is 183 Å². The van der Waals surface area contributed by atoms with E-state index in [0.29, 0.717) is 10.6 Å². The summed E-state index contributed by atoms with van der Waals surface area (Å²) in [6, 6.07) is 16.1. The molecule has 31 heavy (non-hydrogen) atoms. The van der Waals surface area contributed by atoms with E-state index < -0.39 is 16.7 Å². The summed E-state index contributed by atoms with van der Waals surface area (Å²) in [6.45, 7) is 1.97. The lowest BCUT2D eigenvalue weighted by Crippen LogP contribution is -2.19. The van der Waals surface area contributed by atoms with Gasteiger partial charge in [0, 0.05) is 23.2 Å². The van der Waals surface area contributed by atoms with Crippen LogP contribution in [0.2, 0.25) is 5.02 Å². The number of nitro groups is 1. The Balaban J connectivity index is 1.85. The molecule has 0 saturated carbocycles. The minimum Gasteiger partial charge on any atom is -0.375 e. The van der Waals surface area contributed by atoms with E-state index in [1.165, 1.54) is 18.2 Å². The zero-order chi connectivity index (χ0) is 22.5. The van der Waals surface area contributed by atoms with Crippen molar-refractivity contribution in [2.45, 2.75) is 13.5 Å². The van der Waals surface area contributed by atoms with Crippen LogP contribution in [0.4, 0.5) is 17.1 Å². The van der Waals surface area contributed by atoms with Crippen molar-refractivity contribution >= 4 is 40.5 Å². The maximum atomic E-state index is 12.7. The quantitative estimate of drug-likeness (QED) is 0.369. The van der Waals surface area contributed by atoms with Gasteiger partial charge in [0.25, 0.3) is 17.5 Å². The van der Waals surface area contributed by atoms with Gasteiger partial charge in [0.15, 0.2) is 0 Å². The number of aryl methyl sites for hydroxylation is 1. The highest BCUT2D eigenvalue weighted by atomic mass is 35.5. The lowest BCUT2D eigenvalue weighted by Gasteiger charge is -2.12. The number of nitro benzene ring substituents is 1. The van der Waals surface area contributed by atoms with Crippen molar-refractivity contribution < 1.29 is 14.5 Å². The molecule has 0 bridgehead atoms. The van der Waals surface area contributed by atoms with Crippen LogP contribution in [0, 0.1) is 17.0 Å². The standard InChI is InChI=1S/C22H19ClN4O4/c1-13-5-4-8-18(20(13)21(24)28)26-22(29)14-9-10-17(19(11-14)27(30)31)25-12-15-6-2-3-7-16(15)23/h2-11,25H,12H2,1H3,(H2,24,28)(H,26,29). The topological polar surface area (TPSA) is 127 Å². The molecule has 0 heterocycles. The second-order valence-corrected chi connectivity index (χ2v) is 7.16. The number of nitrogens with one attached hydrogen (secondary N) is 2. The van der Waals surface area contributed by atoms with Crippen LogP contribution in [0.25, 0.3) is 0 Å². The van der Waals surface area contributed by atoms with Gasteiger partial charge in [-0.15, -0.1) is 0 Å². The van der Waals surface area contributed by atoms with E-state index in [0.717, 1.165) is 5.56 Å². The zero-order valence-corrected chi connectivity index (χ0v) is 17.3.